The molecule has 14 heavy (non-hydrogen) atoms. The van der Waals surface area contributed by atoms with E-state index in [2.05, 4.69) is 10.1 Å². The molecule has 1 fully saturated rings. The van der Waals surface area contributed by atoms with Gasteiger partial charge >= 0.3 is 12.1 Å². The molecule has 1 heterocycles. The Balaban J connectivity index is 2.29. The second-order valence-corrected chi connectivity index (χ2v) is 4.18. The van der Waals surface area contributed by atoms with Crippen molar-refractivity contribution in [1.29, 1.82) is 0 Å². The maximum atomic E-state index is 11.1. The number of ether oxygens (including phenoxy) is 2. The first kappa shape index (κ1) is 11.0. The van der Waals surface area contributed by atoms with Crippen molar-refractivity contribution in [1.82, 2.24) is 5.32 Å². The van der Waals surface area contributed by atoms with Crippen LogP contribution in [0.3, 0.4) is 0 Å². The zero-order chi connectivity index (χ0) is 10.8. The predicted molar refractivity (Wildman–Crippen MR) is 48.7 cm³/mol. The summed E-state index contributed by atoms with van der Waals surface area (Å²) in [4.78, 5) is 22.2. The lowest BCUT2D eigenvalue weighted by Crippen LogP contribution is -2.50. The molecular weight excluding hydrogens is 186 g/mol. The average Bonchev–Trinajstić information content (AvgIpc) is 1.75. The van der Waals surface area contributed by atoms with Crippen LogP contribution in [0, 0.1) is 0 Å². The van der Waals surface area contributed by atoms with Gasteiger partial charge in [-0.15, -0.1) is 0 Å². The Bertz CT molecular complexity index is 240. The molecule has 0 amide bonds. The number of nitrogens with one attached hydrogen (secondary N) is 1. The van der Waals surface area contributed by atoms with E-state index in [1.807, 2.05) is 0 Å². The molecule has 0 aromatic heterocycles. The number of esters is 1. The monoisotopic (exact) mass is 201 g/mol. The number of carbonyl (C=O) groups is 2. The topological polar surface area (TPSA) is 64.6 Å². The third kappa shape index (κ3) is 3.33. The highest BCUT2D eigenvalue weighted by Gasteiger charge is 2.29. The fourth-order valence-corrected chi connectivity index (χ4v) is 0.914. The summed E-state index contributed by atoms with van der Waals surface area (Å²) in [6.07, 6.45) is -0.224. The minimum absolute atomic E-state index is 0.345. The molecule has 0 saturated carbocycles. The first-order valence-corrected chi connectivity index (χ1v) is 4.56. The van der Waals surface area contributed by atoms with Crippen LogP contribution in [0.5, 0.6) is 0 Å². The van der Waals surface area contributed by atoms with E-state index in [0.717, 1.165) is 6.54 Å². The van der Waals surface area contributed by atoms with Crippen LogP contribution in [0.25, 0.3) is 0 Å². The molecule has 0 aromatic rings. The number of hydrogen-bond donors (Lipinski definition) is 1. The quantitative estimate of drug-likeness (QED) is 0.502. The van der Waals surface area contributed by atoms with E-state index in [-0.39, 0.29) is 6.04 Å². The molecule has 5 heteroatoms. The fraction of sp³-hybridized carbons (Fsp3) is 0.778. The first-order valence-electron chi connectivity index (χ1n) is 4.56. The standard InChI is InChI=1S/C9H15NO4/c1-9(2,3)14-8(12)13-7(11)6-4-5-10-6/h6,10H,4-5H2,1-3H3. The summed E-state index contributed by atoms with van der Waals surface area (Å²) < 4.78 is 9.29. The van der Waals surface area contributed by atoms with Crippen LogP contribution in [0.15, 0.2) is 0 Å². The normalized spacial score (nSPS) is 20.9. The molecule has 1 aliphatic rings. The molecule has 0 bridgehead atoms. The largest absolute Gasteiger partial charge is 0.516 e. The van der Waals surface area contributed by atoms with E-state index in [1.54, 1.807) is 20.8 Å². The molecule has 1 N–H and O–H groups in total. The SMILES string of the molecule is CC(C)(C)OC(=O)OC(=O)C1CCN1. The van der Waals surface area contributed by atoms with E-state index >= 15 is 0 Å². The molecule has 1 atom stereocenters. The smallest absolute Gasteiger partial charge is 0.428 e. The van der Waals surface area contributed by atoms with Crippen LogP contribution in [-0.2, 0) is 14.3 Å². The van der Waals surface area contributed by atoms with Crippen molar-refractivity contribution in [3.05, 3.63) is 0 Å². The Morgan fingerprint density at radius 2 is 1.93 bits per heavy atom. The van der Waals surface area contributed by atoms with Crippen molar-refractivity contribution in [3.8, 4) is 0 Å². The average molecular weight is 201 g/mol. The maximum absolute atomic E-state index is 11.1. The number of carbonyl (C=O) groups excluding carboxylic acids is 2. The van der Waals surface area contributed by atoms with Crippen molar-refractivity contribution < 1.29 is 19.1 Å². The minimum atomic E-state index is -0.934. The molecule has 1 unspecified atom stereocenters. The molecule has 5 nitrogen and oxygen atoms in total. The van der Waals surface area contributed by atoms with E-state index < -0.39 is 17.7 Å². The van der Waals surface area contributed by atoms with E-state index in [1.165, 1.54) is 0 Å². The minimum Gasteiger partial charge on any atom is -0.428 e. The van der Waals surface area contributed by atoms with Gasteiger partial charge in [0.25, 0.3) is 0 Å². The van der Waals surface area contributed by atoms with Crippen LogP contribution >= 0.6 is 0 Å². The molecular formula is C9H15NO4. The summed E-state index contributed by atoms with van der Waals surface area (Å²) in [7, 11) is 0. The van der Waals surface area contributed by atoms with Crippen molar-refractivity contribution >= 4 is 12.1 Å². The summed E-state index contributed by atoms with van der Waals surface area (Å²) in [5.74, 6) is -0.564. The van der Waals surface area contributed by atoms with Crippen LogP contribution in [0.1, 0.15) is 27.2 Å². The van der Waals surface area contributed by atoms with Crippen molar-refractivity contribution in [3.63, 3.8) is 0 Å². The van der Waals surface area contributed by atoms with E-state index in [0.29, 0.717) is 6.42 Å². The highest BCUT2D eigenvalue weighted by molar-refractivity contribution is 5.86. The summed E-state index contributed by atoms with van der Waals surface area (Å²) in [6.45, 7) is 5.91. The van der Waals surface area contributed by atoms with Gasteiger partial charge < -0.3 is 14.8 Å². The zero-order valence-electron chi connectivity index (χ0n) is 8.62. The Labute approximate surface area is 82.8 Å². The van der Waals surface area contributed by atoms with Crippen LogP contribution in [0.4, 0.5) is 4.79 Å². The fourth-order valence-electron chi connectivity index (χ4n) is 0.914. The zero-order valence-corrected chi connectivity index (χ0v) is 8.62. The molecule has 0 aromatic carbocycles. The predicted octanol–water partition coefficient (Wildman–Crippen LogP) is 0.827. The van der Waals surface area contributed by atoms with Crippen molar-refractivity contribution in [2.24, 2.45) is 0 Å². The van der Waals surface area contributed by atoms with Gasteiger partial charge in [0.05, 0.1) is 0 Å². The summed E-state index contributed by atoms with van der Waals surface area (Å²) in [5.41, 5.74) is -0.635. The molecule has 0 spiro atoms. The van der Waals surface area contributed by atoms with E-state index in [9.17, 15) is 9.59 Å². The Kier molecular flexibility index (Phi) is 3.10. The number of hydrogen-bond acceptors (Lipinski definition) is 5. The van der Waals surface area contributed by atoms with Gasteiger partial charge in [0.1, 0.15) is 11.6 Å². The van der Waals surface area contributed by atoms with Gasteiger partial charge in [-0.2, -0.15) is 0 Å². The Morgan fingerprint density at radius 1 is 1.36 bits per heavy atom. The molecule has 0 radical (unpaired) electrons. The van der Waals surface area contributed by atoms with Gasteiger partial charge in [-0.1, -0.05) is 0 Å². The van der Waals surface area contributed by atoms with Crippen LogP contribution < -0.4 is 5.32 Å². The summed E-state index contributed by atoms with van der Waals surface area (Å²) >= 11 is 0. The second-order valence-electron chi connectivity index (χ2n) is 4.18. The second kappa shape index (κ2) is 3.96. The highest BCUT2D eigenvalue weighted by Crippen LogP contribution is 2.10. The highest BCUT2D eigenvalue weighted by atomic mass is 16.7. The van der Waals surface area contributed by atoms with Crippen molar-refractivity contribution in [2.75, 3.05) is 6.54 Å². The van der Waals surface area contributed by atoms with Crippen molar-refractivity contribution in [2.45, 2.75) is 38.8 Å². The lowest BCUT2D eigenvalue weighted by atomic mass is 10.1. The Hall–Kier alpha value is -1.10. The van der Waals surface area contributed by atoms with Gasteiger partial charge in [0.15, 0.2) is 0 Å². The molecule has 1 aliphatic heterocycles. The first-order chi connectivity index (χ1) is 6.38. The number of rotatable bonds is 1. The van der Waals surface area contributed by atoms with Gasteiger partial charge in [-0.25, -0.2) is 9.59 Å². The lowest BCUT2D eigenvalue weighted by molar-refractivity contribution is -0.145. The summed E-state index contributed by atoms with van der Waals surface area (Å²) in [6, 6.07) is -0.345. The molecule has 1 saturated heterocycles. The van der Waals surface area contributed by atoms with Gasteiger partial charge in [0.2, 0.25) is 0 Å². The van der Waals surface area contributed by atoms with Gasteiger partial charge in [0, 0.05) is 0 Å². The summed E-state index contributed by atoms with van der Waals surface area (Å²) in [5, 5.41) is 2.83. The Morgan fingerprint density at radius 3 is 2.29 bits per heavy atom. The molecule has 0 aliphatic carbocycles. The molecule has 1 rings (SSSR count). The third-order valence-electron chi connectivity index (χ3n) is 1.68. The maximum Gasteiger partial charge on any atom is 0.516 e. The van der Waals surface area contributed by atoms with Gasteiger partial charge in [-0.05, 0) is 33.7 Å². The van der Waals surface area contributed by atoms with E-state index in [4.69, 9.17) is 4.74 Å². The third-order valence-corrected chi connectivity index (χ3v) is 1.68. The molecule has 80 valence electrons. The van der Waals surface area contributed by atoms with Crippen LogP contribution in [0.2, 0.25) is 0 Å². The van der Waals surface area contributed by atoms with Crippen LogP contribution in [-0.4, -0.2) is 30.3 Å². The lowest BCUT2D eigenvalue weighted by Gasteiger charge is -2.25. The van der Waals surface area contributed by atoms with Gasteiger partial charge in [-0.3, -0.25) is 0 Å².